The van der Waals surface area contributed by atoms with Crippen molar-refractivity contribution >= 4 is 5.97 Å². The smallest absolute Gasteiger partial charge is 0.308 e. The minimum absolute atomic E-state index is 0.132. The summed E-state index contributed by atoms with van der Waals surface area (Å²) < 4.78 is 15.8. The maximum atomic E-state index is 11.2. The Morgan fingerprint density at radius 2 is 2.33 bits per heavy atom. The van der Waals surface area contributed by atoms with Crippen molar-refractivity contribution in [2.45, 2.75) is 51.9 Å². The number of ether oxygens (including phenoxy) is 3. The number of carbonyl (C=O) groups is 1. The molecule has 1 aliphatic rings. The number of carbonyl (C=O) groups excluding carboxylic acids is 1. The van der Waals surface area contributed by atoms with E-state index in [1.807, 2.05) is 6.92 Å². The van der Waals surface area contributed by atoms with Crippen LogP contribution < -0.4 is 0 Å². The van der Waals surface area contributed by atoms with E-state index in [0.717, 1.165) is 25.9 Å². The number of rotatable bonds is 5. The highest BCUT2D eigenvalue weighted by Crippen LogP contribution is 2.16. The Hall–Kier alpha value is -0.610. The molecule has 0 spiro atoms. The molecule has 0 saturated carbocycles. The Labute approximate surface area is 90.9 Å². The van der Waals surface area contributed by atoms with Gasteiger partial charge in [0.05, 0.1) is 19.1 Å². The third-order valence-electron chi connectivity index (χ3n) is 2.28. The summed E-state index contributed by atoms with van der Waals surface area (Å²) in [6, 6.07) is 0. The molecule has 0 amide bonds. The molecule has 4 heteroatoms. The van der Waals surface area contributed by atoms with Crippen molar-refractivity contribution in [1.82, 2.24) is 0 Å². The molecular formula is C11H20O4. The van der Waals surface area contributed by atoms with Crippen molar-refractivity contribution < 1.29 is 19.0 Å². The van der Waals surface area contributed by atoms with Crippen LogP contribution in [0.3, 0.4) is 0 Å². The summed E-state index contributed by atoms with van der Waals surface area (Å²) >= 11 is 0. The quantitative estimate of drug-likeness (QED) is 0.658. The molecule has 4 nitrogen and oxygen atoms in total. The zero-order chi connectivity index (χ0) is 11.1. The normalized spacial score (nSPS) is 23.5. The van der Waals surface area contributed by atoms with E-state index in [1.54, 1.807) is 6.92 Å². The van der Waals surface area contributed by atoms with E-state index in [9.17, 15) is 4.79 Å². The second kappa shape index (κ2) is 6.80. The van der Waals surface area contributed by atoms with Crippen LogP contribution in [0, 0.1) is 0 Å². The number of esters is 1. The lowest BCUT2D eigenvalue weighted by atomic mass is 10.2. The molecule has 1 heterocycles. The van der Waals surface area contributed by atoms with E-state index in [-0.39, 0.29) is 18.4 Å². The highest BCUT2D eigenvalue weighted by atomic mass is 16.7. The molecule has 1 saturated heterocycles. The molecule has 0 radical (unpaired) electrons. The van der Waals surface area contributed by atoms with Crippen LogP contribution in [0.25, 0.3) is 0 Å². The summed E-state index contributed by atoms with van der Waals surface area (Å²) in [7, 11) is 0. The molecular weight excluding hydrogens is 196 g/mol. The Balaban J connectivity index is 2.16. The van der Waals surface area contributed by atoms with Gasteiger partial charge in [0, 0.05) is 6.61 Å². The van der Waals surface area contributed by atoms with Gasteiger partial charge >= 0.3 is 5.97 Å². The van der Waals surface area contributed by atoms with E-state index in [4.69, 9.17) is 14.2 Å². The minimum Gasteiger partial charge on any atom is -0.466 e. The monoisotopic (exact) mass is 216 g/mol. The van der Waals surface area contributed by atoms with Gasteiger partial charge in [-0.25, -0.2) is 0 Å². The highest BCUT2D eigenvalue weighted by molar-refractivity contribution is 5.69. The lowest BCUT2D eigenvalue weighted by Crippen LogP contribution is -2.28. The zero-order valence-corrected chi connectivity index (χ0v) is 9.53. The molecule has 88 valence electrons. The van der Waals surface area contributed by atoms with Gasteiger partial charge in [0.2, 0.25) is 0 Å². The molecule has 0 N–H and O–H groups in total. The van der Waals surface area contributed by atoms with Crippen molar-refractivity contribution in [1.29, 1.82) is 0 Å². The van der Waals surface area contributed by atoms with Crippen molar-refractivity contribution in [2.75, 3.05) is 13.2 Å². The largest absolute Gasteiger partial charge is 0.466 e. The third kappa shape index (κ3) is 5.14. The van der Waals surface area contributed by atoms with Crippen molar-refractivity contribution in [3.8, 4) is 0 Å². The SMILES string of the molecule is CCOC(=O)C[C@@H](C)OC1CCCCO1. The van der Waals surface area contributed by atoms with Gasteiger partial charge in [0.25, 0.3) is 0 Å². The number of hydrogen-bond acceptors (Lipinski definition) is 4. The average Bonchev–Trinajstić information content (AvgIpc) is 2.19. The van der Waals surface area contributed by atoms with Gasteiger partial charge in [-0.1, -0.05) is 0 Å². The Morgan fingerprint density at radius 1 is 1.53 bits per heavy atom. The van der Waals surface area contributed by atoms with Crippen LogP contribution >= 0.6 is 0 Å². The van der Waals surface area contributed by atoms with Crippen molar-refractivity contribution in [2.24, 2.45) is 0 Å². The van der Waals surface area contributed by atoms with Gasteiger partial charge in [0.1, 0.15) is 0 Å². The van der Waals surface area contributed by atoms with Crippen LogP contribution in [-0.4, -0.2) is 31.6 Å². The summed E-state index contributed by atoms with van der Waals surface area (Å²) in [5, 5.41) is 0. The van der Waals surface area contributed by atoms with Crippen LogP contribution in [0.15, 0.2) is 0 Å². The minimum atomic E-state index is -0.208. The summed E-state index contributed by atoms with van der Waals surface area (Å²) in [4.78, 5) is 11.2. The van der Waals surface area contributed by atoms with Gasteiger partial charge in [0.15, 0.2) is 6.29 Å². The van der Waals surface area contributed by atoms with Gasteiger partial charge < -0.3 is 14.2 Å². The fraction of sp³-hybridized carbons (Fsp3) is 0.909. The summed E-state index contributed by atoms with van der Waals surface area (Å²) in [5.74, 6) is -0.208. The lowest BCUT2D eigenvalue weighted by molar-refractivity contribution is -0.189. The van der Waals surface area contributed by atoms with Crippen LogP contribution in [0.1, 0.15) is 39.5 Å². The molecule has 1 rings (SSSR count). The molecule has 2 atom stereocenters. The summed E-state index contributed by atoms with van der Waals surface area (Å²) in [6.45, 7) is 4.85. The van der Waals surface area contributed by atoms with Crippen LogP contribution in [0.5, 0.6) is 0 Å². The fourth-order valence-electron chi connectivity index (χ4n) is 1.58. The summed E-state index contributed by atoms with van der Waals surface area (Å²) in [5.41, 5.74) is 0. The van der Waals surface area contributed by atoms with E-state index in [2.05, 4.69) is 0 Å². The van der Waals surface area contributed by atoms with Crippen molar-refractivity contribution in [3.63, 3.8) is 0 Å². The van der Waals surface area contributed by atoms with E-state index in [0.29, 0.717) is 13.0 Å². The van der Waals surface area contributed by atoms with Crippen LogP contribution in [-0.2, 0) is 19.0 Å². The fourth-order valence-corrected chi connectivity index (χ4v) is 1.58. The van der Waals surface area contributed by atoms with Crippen LogP contribution in [0.4, 0.5) is 0 Å². The molecule has 0 bridgehead atoms. The van der Waals surface area contributed by atoms with Crippen LogP contribution in [0.2, 0.25) is 0 Å². The molecule has 0 aliphatic carbocycles. The zero-order valence-electron chi connectivity index (χ0n) is 9.53. The van der Waals surface area contributed by atoms with E-state index in [1.165, 1.54) is 0 Å². The topological polar surface area (TPSA) is 44.8 Å². The lowest BCUT2D eigenvalue weighted by Gasteiger charge is -2.25. The van der Waals surface area contributed by atoms with Gasteiger partial charge in [-0.15, -0.1) is 0 Å². The Kier molecular flexibility index (Phi) is 5.65. The standard InChI is InChI=1S/C11H20O4/c1-3-13-10(12)8-9(2)15-11-6-4-5-7-14-11/h9,11H,3-8H2,1-2H3/t9-,11?/m1/s1. The summed E-state index contributed by atoms with van der Waals surface area (Å²) in [6.07, 6.45) is 3.19. The molecule has 0 aromatic heterocycles. The first-order valence-corrected chi connectivity index (χ1v) is 5.65. The molecule has 15 heavy (non-hydrogen) atoms. The first-order chi connectivity index (χ1) is 7.22. The Morgan fingerprint density at radius 3 is 2.93 bits per heavy atom. The predicted molar refractivity (Wildman–Crippen MR) is 55.4 cm³/mol. The predicted octanol–water partition coefficient (Wildman–Crippen LogP) is 1.87. The van der Waals surface area contributed by atoms with E-state index < -0.39 is 0 Å². The third-order valence-corrected chi connectivity index (χ3v) is 2.28. The molecule has 1 unspecified atom stereocenters. The maximum absolute atomic E-state index is 11.2. The molecule has 0 aromatic rings. The van der Waals surface area contributed by atoms with Gasteiger partial charge in [-0.3, -0.25) is 4.79 Å². The van der Waals surface area contributed by atoms with Gasteiger partial charge in [-0.05, 0) is 33.1 Å². The van der Waals surface area contributed by atoms with Crippen molar-refractivity contribution in [3.05, 3.63) is 0 Å². The number of hydrogen-bond donors (Lipinski definition) is 0. The molecule has 0 aromatic carbocycles. The molecule has 1 aliphatic heterocycles. The van der Waals surface area contributed by atoms with Gasteiger partial charge in [-0.2, -0.15) is 0 Å². The Bertz CT molecular complexity index is 187. The maximum Gasteiger partial charge on any atom is 0.308 e. The van der Waals surface area contributed by atoms with E-state index >= 15 is 0 Å². The second-order valence-electron chi connectivity index (χ2n) is 3.75. The second-order valence-corrected chi connectivity index (χ2v) is 3.75. The highest BCUT2D eigenvalue weighted by Gasteiger charge is 2.19. The first kappa shape index (κ1) is 12.5. The first-order valence-electron chi connectivity index (χ1n) is 5.65. The average molecular weight is 216 g/mol. The molecule has 1 fully saturated rings.